The van der Waals surface area contributed by atoms with E-state index >= 15 is 0 Å². The Balaban J connectivity index is 0.928. The van der Waals surface area contributed by atoms with E-state index in [4.69, 9.17) is 14.2 Å². The van der Waals surface area contributed by atoms with Crippen LogP contribution in [-0.2, 0) is 30.3 Å². The lowest BCUT2D eigenvalue weighted by Gasteiger charge is -2.59. The van der Waals surface area contributed by atoms with E-state index in [1.54, 1.807) is 4.90 Å². The third-order valence-electron chi connectivity index (χ3n) is 15.5. The van der Waals surface area contributed by atoms with Crippen LogP contribution in [0.15, 0.2) is 18.2 Å². The van der Waals surface area contributed by atoms with Gasteiger partial charge in [0.15, 0.2) is 0 Å². The zero-order chi connectivity index (χ0) is 34.3. The minimum atomic E-state index is -0.624. The second-order valence-corrected chi connectivity index (χ2v) is 18.0. The third kappa shape index (κ3) is 5.58. The van der Waals surface area contributed by atoms with E-state index in [-0.39, 0.29) is 47.6 Å². The fraction of sp³-hybridized carbons (Fsp3) is 0.800. The molecule has 9 heteroatoms. The standard InChI is InChI=1S/C40H56F2N2O5/c1-25(45)44(21-26-17-27(41)19-28(42)18-26)22-29-5-6-31-33(48-29)20-32-30-7-8-34-37(2,3)35(49-36(46)23-43-13-15-47-16-14-43)9-10-40(34)24-39(30,40)12-11-38(31,32)4/h17-19,29-35H,5-16,20-24H2,1-4H3/t29?,30?,31?,32?,33?,34?,35-,38?,39-,40?/m0/s1. The van der Waals surface area contributed by atoms with Gasteiger partial charge in [0.05, 0.1) is 32.0 Å². The normalized spacial score (nSPS) is 42.1. The second kappa shape index (κ2) is 12.3. The number of morpholine rings is 1. The molecule has 0 bridgehead atoms. The predicted molar refractivity (Wildman–Crippen MR) is 180 cm³/mol. The highest BCUT2D eigenvalue weighted by Gasteiger charge is 2.80. The molecule has 0 N–H and O–H groups in total. The zero-order valence-corrected chi connectivity index (χ0v) is 30.0. The molecular formula is C40H56F2N2O5. The maximum Gasteiger partial charge on any atom is 0.320 e. The number of esters is 1. The Hall–Kier alpha value is -2.10. The van der Waals surface area contributed by atoms with Crippen LogP contribution in [0.2, 0.25) is 0 Å². The van der Waals surface area contributed by atoms with Gasteiger partial charge in [-0.15, -0.1) is 0 Å². The minimum absolute atomic E-state index is 0.0195. The molecule has 49 heavy (non-hydrogen) atoms. The molecule has 5 saturated carbocycles. The van der Waals surface area contributed by atoms with Crippen molar-refractivity contribution in [3.8, 4) is 0 Å². The number of nitrogens with zero attached hydrogens (tertiary/aromatic N) is 2. The molecule has 8 unspecified atom stereocenters. The van der Waals surface area contributed by atoms with Gasteiger partial charge in [0, 0.05) is 44.6 Å². The van der Waals surface area contributed by atoms with Crippen molar-refractivity contribution in [2.75, 3.05) is 39.4 Å². The van der Waals surface area contributed by atoms with Gasteiger partial charge in [0.25, 0.3) is 0 Å². The quantitative estimate of drug-likeness (QED) is 0.296. The predicted octanol–water partition coefficient (Wildman–Crippen LogP) is 6.76. The van der Waals surface area contributed by atoms with Gasteiger partial charge in [0.1, 0.15) is 17.7 Å². The van der Waals surface area contributed by atoms with Crippen molar-refractivity contribution < 1.29 is 32.6 Å². The van der Waals surface area contributed by atoms with E-state index in [1.165, 1.54) is 57.6 Å². The van der Waals surface area contributed by atoms with E-state index < -0.39 is 11.6 Å². The summed E-state index contributed by atoms with van der Waals surface area (Å²) in [6, 6.07) is 3.48. The van der Waals surface area contributed by atoms with E-state index in [2.05, 4.69) is 25.7 Å². The largest absolute Gasteiger partial charge is 0.461 e. The smallest absolute Gasteiger partial charge is 0.320 e. The fourth-order valence-electron chi connectivity index (χ4n) is 13.3. The van der Waals surface area contributed by atoms with Gasteiger partial charge in [-0.3, -0.25) is 14.5 Å². The number of hydrogen-bond donors (Lipinski definition) is 0. The van der Waals surface area contributed by atoms with Crippen molar-refractivity contribution in [2.24, 2.45) is 45.3 Å². The maximum atomic E-state index is 13.9. The summed E-state index contributed by atoms with van der Waals surface area (Å²) in [5.74, 6) is 1.07. The molecule has 5 aliphatic carbocycles. The molecule has 1 aromatic carbocycles. The average molecular weight is 683 g/mol. The minimum Gasteiger partial charge on any atom is -0.461 e. The fourth-order valence-corrected chi connectivity index (χ4v) is 13.3. The molecular weight excluding hydrogens is 626 g/mol. The molecule has 1 aromatic rings. The Labute approximate surface area is 290 Å². The molecule has 2 heterocycles. The number of benzene rings is 1. The Morgan fingerprint density at radius 2 is 1.65 bits per heavy atom. The Morgan fingerprint density at radius 1 is 0.918 bits per heavy atom. The first-order valence-corrected chi connectivity index (χ1v) is 19.2. The monoisotopic (exact) mass is 682 g/mol. The van der Waals surface area contributed by atoms with Crippen molar-refractivity contribution in [3.63, 3.8) is 0 Å². The number of rotatable bonds is 7. The van der Waals surface area contributed by atoms with Crippen molar-refractivity contribution in [1.82, 2.24) is 9.80 Å². The van der Waals surface area contributed by atoms with Crippen LogP contribution in [0.4, 0.5) is 8.78 Å². The summed E-state index contributed by atoms with van der Waals surface area (Å²) in [4.78, 5) is 29.6. The topological polar surface area (TPSA) is 68.3 Å². The Kier molecular flexibility index (Phi) is 8.51. The molecule has 7 aliphatic rings. The molecule has 0 radical (unpaired) electrons. The first-order chi connectivity index (χ1) is 23.3. The van der Waals surface area contributed by atoms with E-state index in [0.29, 0.717) is 60.5 Å². The zero-order valence-electron chi connectivity index (χ0n) is 30.0. The molecule has 7 fully saturated rings. The number of fused-ring (bicyclic) bond motifs is 4. The van der Waals surface area contributed by atoms with Gasteiger partial charge in [-0.2, -0.15) is 0 Å². The number of carbonyl (C=O) groups is 2. The van der Waals surface area contributed by atoms with Gasteiger partial charge in [-0.25, -0.2) is 8.78 Å². The summed E-state index contributed by atoms with van der Waals surface area (Å²) >= 11 is 0. The van der Waals surface area contributed by atoms with E-state index in [9.17, 15) is 18.4 Å². The molecule has 2 aliphatic heterocycles. The molecule has 7 nitrogen and oxygen atoms in total. The summed E-state index contributed by atoms with van der Waals surface area (Å²) in [7, 11) is 0. The van der Waals surface area contributed by atoms with Crippen LogP contribution in [0.25, 0.3) is 0 Å². The summed E-state index contributed by atoms with van der Waals surface area (Å²) in [6.07, 6.45) is 11.8. The summed E-state index contributed by atoms with van der Waals surface area (Å²) < 4.78 is 46.4. The molecule has 1 amide bonds. The van der Waals surface area contributed by atoms with Crippen molar-refractivity contribution in [2.45, 2.75) is 117 Å². The summed E-state index contributed by atoms with van der Waals surface area (Å²) in [6.45, 7) is 12.8. The van der Waals surface area contributed by atoms with Crippen LogP contribution in [0.3, 0.4) is 0 Å². The molecule has 8 rings (SSSR count). The Morgan fingerprint density at radius 3 is 2.39 bits per heavy atom. The number of amides is 1. The molecule has 2 spiro atoms. The van der Waals surface area contributed by atoms with E-state index in [0.717, 1.165) is 50.8 Å². The Bertz CT molecular complexity index is 1450. The first kappa shape index (κ1) is 34.0. The van der Waals surface area contributed by atoms with Gasteiger partial charge < -0.3 is 19.1 Å². The van der Waals surface area contributed by atoms with Crippen LogP contribution >= 0.6 is 0 Å². The number of carbonyl (C=O) groups excluding carboxylic acids is 2. The first-order valence-electron chi connectivity index (χ1n) is 19.2. The number of hydrogen-bond acceptors (Lipinski definition) is 6. The highest BCUT2D eigenvalue weighted by Crippen LogP contribution is 2.87. The van der Waals surface area contributed by atoms with E-state index in [1.807, 2.05) is 0 Å². The van der Waals surface area contributed by atoms with Crippen molar-refractivity contribution >= 4 is 11.9 Å². The molecule has 0 aromatic heterocycles. The second-order valence-electron chi connectivity index (χ2n) is 18.0. The van der Waals surface area contributed by atoms with Crippen LogP contribution in [0, 0.1) is 57.0 Å². The van der Waals surface area contributed by atoms with Crippen LogP contribution in [0.1, 0.15) is 97.5 Å². The number of halogens is 2. The molecule has 270 valence electrons. The summed E-state index contributed by atoms with van der Waals surface area (Å²) in [5, 5.41) is 0. The average Bonchev–Trinajstić information content (AvgIpc) is 3.62. The maximum absolute atomic E-state index is 13.9. The van der Waals surface area contributed by atoms with Crippen LogP contribution in [0.5, 0.6) is 0 Å². The molecule has 2 saturated heterocycles. The third-order valence-corrected chi connectivity index (χ3v) is 15.5. The lowest BCUT2D eigenvalue weighted by atomic mass is 9.46. The van der Waals surface area contributed by atoms with Gasteiger partial charge in [0.2, 0.25) is 5.91 Å². The van der Waals surface area contributed by atoms with Crippen molar-refractivity contribution in [3.05, 3.63) is 35.4 Å². The highest BCUT2D eigenvalue weighted by molar-refractivity contribution is 5.73. The van der Waals surface area contributed by atoms with Gasteiger partial charge in [-0.1, -0.05) is 20.8 Å². The SMILES string of the molecule is CC(=O)N(Cc1cc(F)cc(F)c1)CC1CCC2C(CC3C4CCC5C(C)(C)[C@@H](OC(=O)CN6CCOCC6)CCC56C[C@@]46CCC23C)O1. The summed E-state index contributed by atoms with van der Waals surface area (Å²) in [5.41, 5.74) is 1.50. The van der Waals surface area contributed by atoms with Gasteiger partial charge in [-0.05, 0) is 122 Å². The van der Waals surface area contributed by atoms with Crippen molar-refractivity contribution in [1.29, 1.82) is 0 Å². The lowest BCUT2D eigenvalue weighted by Crippen LogP contribution is -2.55. The number of ether oxygens (including phenoxy) is 3. The molecule has 10 atom stereocenters. The van der Waals surface area contributed by atoms with Gasteiger partial charge >= 0.3 is 5.97 Å². The lowest BCUT2D eigenvalue weighted by molar-refractivity contribution is -0.177. The van der Waals surface area contributed by atoms with Crippen LogP contribution in [-0.4, -0.2) is 79.4 Å². The highest BCUT2D eigenvalue weighted by atomic mass is 19.1. The van der Waals surface area contributed by atoms with Crippen LogP contribution < -0.4 is 0 Å².